The van der Waals surface area contributed by atoms with Gasteiger partial charge in [-0.2, -0.15) is 5.26 Å². The van der Waals surface area contributed by atoms with Crippen LogP contribution in [0.1, 0.15) is 10.6 Å². The van der Waals surface area contributed by atoms with Crippen LogP contribution in [0.25, 0.3) is 11.3 Å². The molecule has 1 aromatic carbocycles. The Morgan fingerprint density at radius 2 is 2.26 bits per heavy atom. The quantitative estimate of drug-likeness (QED) is 0.841. The average molecular weight is 335 g/mol. The van der Waals surface area contributed by atoms with E-state index in [0.717, 1.165) is 20.7 Å². The predicted molar refractivity (Wildman–Crippen MR) is 78.1 cm³/mol. The molecule has 0 spiro atoms. The molecule has 96 valence electrons. The van der Waals surface area contributed by atoms with Gasteiger partial charge >= 0.3 is 0 Å². The Bertz CT molecular complexity index is 670. The molecule has 0 unspecified atom stereocenters. The van der Waals surface area contributed by atoms with E-state index in [1.807, 2.05) is 11.4 Å². The van der Waals surface area contributed by atoms with Crippen LogP contribution in [-0.4, -0.2) is 18.2 Å². The van der Waals surface area contributed by atoms with E-state index < -0.39 is 5.41 Å². The lowest BCUT2D eigenvalue weighted by atomic mass is 9.89. The summed E-state index contributed by atoms with van der Waals surface area (Å²) in [6.45, 7) is 2.97. The van der Waals surface area contributed by atoms with E-state index >= 15 is 0 Å². The van der Waals surface area contributed by atoms with Crippen molar-refractivity contribution in [3.63, 3.8) is 0 Å². The van der Waals surface area contributed by atoms with Crippen molar-refractivity contribution in [2.45, 2.75) is 12.3 Å². The number of nitrogens with zero attached hydrogens (tertiary/aromatic N) is 2. The highest BCUT2D eigenvalue weighted by atomic mass is 79.9. The number of ether oxygens (including phenoxy) is 1. The van der Waals surface area contributed by atoms with E-state index in [0.29, 0.717) is 13.2 Å². The molecule has 3 nitrogen and oxygen atoms in total. The Kier molecular flexibility index (Phi) is 3.17. The second-order valence-electron chi connectivity index (χ2n) is 4.68. The fraction of sp³-hybridized carbons (Fsp3) is 0.286. The van der Waals surface area contributed by atoms with Crippen molar-refractivity contribution in [3.8, 4) is 17.3 Å². The molecule has 0 N–H and O–H groups in total. The third-order valence-corrected chi connectivity index (χ3v) is 4.84. The highest BCUT2D eigenvalue weighted by Gasteiger charge is 2.43. The molecule has 2 heterocycles. The number of hydrogen-bond donors (Lipinski definition) is 0. The minimum Gasteiger partial charge on any atom is -0.377 e. The molecule has 0 amide bonds. The summed E-state index contributed by atoms with van der Waals surface area (Å²) in [6, 6.07) is 8.47. The molecule has 0 aliphatic carbocycles. The summed E-state index contributed by atoms with van der Waals surface area (Å²) in [5, 5.41) is 12.2. The van der Waals surface area contributed by atoms with Gasteiger partial charge in [0.2, 0.25) is 0 Å². The molecule has 0 bridgehead atoms. The van der Waals surface area contributed by atoms with Crippen molar-refractivity contribution in [2.75, 3.05) is 13.2 Å². The Labute approximate surface area is 124 Å². The largest absolute Gasteiger partial charge is 0.377 e. The third kappa shape index (κ3) is 2.10. The van der Waals surface area contributed by atoms with E-state index in [4.69, 9.17) is 4.74 Å². The summed E-state index contributed by atoms with van der Waals surface area (Å²) >= 11 is 5.02. The molecule has 0 saturated carbocycles. The summed E-state index contributed by atoms with van der Waals surface area (Å²) in [7, 11) is 0. The summed E-state index contributed by atoms with van der Waals surface area (Å²) < 4.78 is 6.21. The van der Waals surface area contributed by atoms with Crippen LogP contribution >= 0.6 is 27.3 Å². The minimum atomic E-state index is -0.525. The molecule has 1 aromatic heterocycles. The summed E-state index contributed by atoms with van der Waals surface area (Å²) in [4.78, 5) is 4.64. The third-order valence-electron chi connectivity index (χ3n) is 3.30. The standard InChI is InChI=1S/C14H11BrN2OS/c1-9-2-3-10(15)4-11(9)12-5-19-13(17-12)14(6-16)7-18-8-14/h2-5H,7-8H2,1H3. The lowest BCUT2D eigenvalue weighted by Crippen LogP contribution is -2.45. The van der Waals surface area contributed by atoms with E-state index in [1.54, 1.807) is 0 Å². The Hall–Kier alpha value is -1.22. The van der Waals surface area contributed by atoms with Gasteiger partial charge in [0.1, 0.15) is 5.01 Å². The maximum Gasteiger partial charge on any atom is 0.155 e. The van der Waals surface area contributed by atoms with Gasteiger partial charge in [-0.3, -0.25) is 0 Å². The van der Waals surface area contributed by atoms with Gasteiger partial charge in [0.25, 0.3) is 0 Å². The van der Waals surface area contributed by atoms with Gasteiger partial charge < -0.3 is 4.74 Å². The SMILES string of the molecule is Cc1ccc(Br)cc1-c1csc(C2(C#N)COC2)n1. The number of thiazole rings is 1. The first-order valence-corrected chi connectivity index (χ1v) is 7.53. The monoisotopic (exact) mass is 334 g/mol. The first-order chi connectivity index (χ1) is 9.14. The molecule has 5 heteroatoms. The molecule has 3 rings (SSSR count). The van der Waals surface area contributed by atoms with Crippen LogP contribution in [0.3, 0.4) is 0 Å². The summed E-state index contributed by atoms with van der Waals surface area (Å²) in [5.41, 5.74) is 2.68. The number of nitriles is 1. The van der Waals surface area contributed by atoms with Crippen molar-refractivity contribution in [1.82, 2.24) is 4.98 Å². The van der Waals surface area contributed by atoms with E-state index in [9.17, 15) is 5.26 Å². The molecular formula is C14H11BrN2OS. The number of aryl methyl sites for hydroxylation is 1. The van der Waals surface area contributed by atoms with Gasteiger partial charge in [-0.1, -0.05) is 22.0 Å². The molecule has 19 heavy (non-hydrogen) atoms. The number of hydrogen-bond acceptors (Lipinski definition) is 4. The maximum atomic E-state index is 9.30. The van der Waals surface area contributed by atoms with Crippen LogP contribution in [0.5, 0.6) is 0 Å². The smallest absolute Gasteiger partial charge is 0.155 e. The Morgan fingerprint density at radius 1 is 1.47 bits per heavy atom. The van der Waals surface area contributed by atoms with Crippen LogP contribution < -0.4 is 0 Å². The molecule has 1 fully saturated rings. The number of halogens is 1. The summed E-state index contributed by atoms with van der Waals surface area (Å²) in [5.74, 6) is 0. The van der Waals surface area contributed by atoms with Gasteiger partial charge in [0.15, 0.2) is 5.41 Å². The van der Waals surface area contributed by atoms with Crippen LogP contribution in [0.4, 0.5) is 0 Å². The van der Waals surface area contributed by atoms with Gasteiger partial charge in [-0.05, 0) is 24.6 Å². The van der Waals surface area contributed by atoms with Gasteiger partial charge in [0.05, 0.1) is 25.0 Å². The zero-order chi connectivity index (χ0) is 13.5. The molecule has 1 saturated heterocycles. The molecule has 1 aliphatic rings. The number of aromatic nitrogens is 1. The molecule has 0 atom stereocenters. The zero-order valence-corrected chi connectivity index (χ0v) is 12.7. The topological polar surface area (TPSA) is 45.9 Å². The zero-order valence-electron chi connectivity index (χ0n) is 10.3. The molecule has 0 radical (unpaired) electrons. The normalized spacial score (nSPS) is 16.7. The maximum absolute atomic E-state index is 9.30. The molecular weight excluding hydrogens is 324 g/mol. The van der Waals surface area contributed by atoms with Gasteiger partial charge in [-0.15, -0.1) is 11.3 Å². The number of benzene rings is 1. The van der Waals surface area contributed by atoms with Crippen molar-refractivity contribution < 1.29 is 4.74 Å². The van der Waals surface area contributed by atoms with E-state index in [-0.39, 0.29) is 0 Å². The Morgan fingerprint density at radius 3 is 2.89 bits per heavy atom. The predicted octanol–water partition coefficient (Wildman–Crippen LogP) is 3.67. The average Bonchev–Trinajstić information content (AvgIpc) is 2.81. The fourth-order valence-electron chi connectivity index (χ4n) is 2.03. The van der Waals surface area contributed by atoms with Crippen molar-refractivity contribution in [1.29, 1.82) is 5.26 Å². The summed E-state index contributed by atoms with van der Waals surface area (Å²) in [6.07, 6.45) is 0. The lowest BCUT2D eigenvalue weighted by Gasteiger charge is -2.32. The first kappa shape index (κ1) is 12.8. The van der Waals surface area contributed by atoms with Crippen LogP contribution in [0.15, 0.2) is 28.1 Å². The lowest BCUT2D eigenvalue weighted by molar-refractivity contribution is -0.0298. The molecule has 1 aliphatic heterocycles. The minimum absolute atomic E-state index is 0.452. The van der Waals surface area contributed by atoms with E-state index in [2.05, 4.69) is 46.0 Å². The first-order valence-electron chi connectivity index (χ1n) is 5.86. The van der Waals surface area contributed by atoms with Crippen molar-refractivity contribution in [3.05, 3.63) is 38.6 Å². The van der Waals surface area contributed by atoms with Crippen molar-refractivity contribution >= 4 is 27.3 Å². The number of rotatable bonds is 2. The second-order valence-corrected chi connectivity index (χ2v) is 6.46. The fourth-order valence-corrected chi connectivity index (χ4v) is 3.33. The van der Waals surface area contributed by atoms with E-state index in [1.165, 1.54) is 16.9 Å². The van der Waals surface area contributed by atoms with Crippen LogP contribution in [-0.2, 0) is 10.2 Å². The Balaban J connectivity index is 2.02. The van der Waals surface area contributed by atoms with Crippen molar-refractivity contribution in [2.24, 2.45) is 0 Å². The second kappa shape index (κ2) is 4.71. The van der Waals surface area contributed by atoms with Gasteiger partial charge in [0, 0.05) is 15.4 Å². The van der Waals surface area contributed by atoms with Gasteiger partial charge in [-0.25, -0.2) is 4.98 Å². The van der Waals surface area contributed by atoms with Crippen LogP contribution in [0, 0.1) is 18.3 Å². The highest BCUT2D eigenvalue weighted by Crippen LogP contribution is 2.36. The highest BCUT2D eigenvalue weighted by molar-refractivity contribution is 9.10. The van der Waals surface area contributed by atoms with Crippen LogP contribution in [0.2, 0.25) is 0 Å². The molecule has 2 aromatic rings.